The van der Waals surface area contributed by atoms with Gasteiger partial charge >= 0.3 is 6.09 Å². The minimum Gasteiger partial charge on any atom is -0.444 e. The van der Waals surface area contributed by atoms with Gasteiger partial charge < -0.3 is 9.64 Å². The Labute approximate surface area is 232 Å². The van der Waals surface area contributed by atoms with Crippen LogP contribution in [-0.2, 0) is 16.8 Å². The van der Waals surface area contributed by atoms with Gasteiger partial charge in [-0.2, -0.15) is 0 Å². The van der Waals surface area contributed by atoms with E-state index in [1.165, 1.54) is 22.4 Å². The number of benzene rings is 3. The number of imidazole rings is 1. The maximum Gasteiger partial charge on any atom is 0.410 e. The fourth-order valence-electron chi connectivity index (χ4n) is 5.89. The van der Waals surface area contributed by atoms with E-state index >= 15 is 0 Å². The summed E-state index contributed by atoms with van der Waals surface area (Å²) in [5.41, 5.74) is 3.79. The first-order chi connectivity index (χ1) is 18.8. The van der Waals surface area contributed by atoms with E-state index in [1.807, 2.05) is 25.7 Å². The average molecular weight is 523 g/mol. The van der Waals surface area contributed by atoms with Gasteiger partial charge in [0.2, 0.25) is 6.33 Å². The molecule has 0 aliphatic carbocycles. The first kappa shape index (κ1) is 26.7. The van der Waals surface area contributed by atoms with Crippen LogP contribution in [0.5, 0.6) is 0 Å². The Bertz CT molecular complexity index is 1280. The average Bonchev–Trinajstić information content (AvgIpc) is 3.30. The lowest BCUT2D eigenvalue weighted by atomic mass is 9.77. The summed E-state index contributed by atoms with van der Waals surface area (Å²) in [6.45, 7) is 10.3. The van der Waals surface area contributed by atoms with Crippen LogP contribution >= 0.6 is 0 Å². The summed E-state index contributed by atoms with van der Waals surface area (Å²) in [5, 5.41) is 0. The zero-order chi connectivity index (χ0) is 27.5. The molecule has 1 aliphatic heterocycles. The lowest BCUT2D eigenvalue weighted by Gasteiger charge is -2.33. The van der Waals surface area contributed by atoms with Crippen molar-refractivity contribution in [1.29, 1.82) is 0 Å². The van der Waals surface area contributed by atoms with Gasteiger partial charge in [0, 0.05) is 42.6 Å². The predicted octanol–water partition coefficient (Wildman–Crippen LogP) is 6.57. The summed E-state index contributed by atoms with van der Waals surface area (Å²) in [4.78, 5) is 14.7. The Morgan fingerprint density at radius 2 is 1.38 bits per heavy atom. The lowest BCUT2D eigenvalue weighted by Crippen LogP contribution is -2.57. The van der Waals surface area contributed by atoms with Crippen LogP contribution < -0.4 is 4.57 Å². The number of ether oxygens (including phenoxy) is 1. The molecule has 4 aromatic rings. The number of nitrogens with zero attached hydrogens (tertiary/aromatic N) is 3. The quantitative estimate of drug-likeness (QED) is 0.212. The predicted molar refractivity (Wildman–Crippen MR) is 155 cm³/mol. The summed E-state index contributed by atoms with van der Waals surface area (Å²) >= 11 is 0. The number of rotatable bonds is 6. The smallest absolute Gasteiger partial charge is 0.410 e. The number of hydrogen-bond acceptors (Lipinski definition) is 2. The molecular weight excluding hydrogens is 482 g/mol. The molecule has 1 atom stereocenters. The lowest BCUT2D eigenvalue weighted by molar-refractivity contribution is -0.734. The summed E-state index contributed by atoms with van der Waals surface area (Å²) in [7, 11) is 0. The summed E-state index contributed by atoms with van der Waals surface area (Å²) in [6, 6.07) is 32.3. The van der Waals surface area contributed by atoms with Gasteiger partial charge in [0.1, 0.15) is 17.5 Å². The SMILES string of the molecule is Cc1c[n+](C(c2ccccc2)(c2ccccc2)c2ccccc2)cn1C[C@@H]1CCCN(C(=O)OC(C)(C)C)C1. The molecule has 2 heterocycles. The summed E-state index contributed by atoms with van der Waals surface area (Å²) in [6.07, 6.45) is 6.41. The molecule has 1 saturated heterocycles. The van der Waals surface area contributed by atoms with Gasteiger partial charge in [-0.05, 0) is 33.6 Å². The molecule has 0 N–H and O–H groups in total. The Kier molecular flexibility index (Phi) is 7.60. The van der Waals surface area contributed by atoms with E-state index in [4.69, 9.17) is 4.74 Å². The van der Waals surface area contributed by atoms with Gasteiger partial charge in [-0.25, -0.2) is 13.9 Å². The molecule has 1 amide bonds. The van der Waals surface area contributed by atoms with E-state index in [2.05, 4.69) is 120 Å². The topological polar surface area (TPSA) is 38.3 Å². The molecule has 202 valence electrons. The van der Waals surface area contributed by atoms with Crippen molar-refractivity contribution in [3.05, 3.63) is 126 Å². The number of aromatic nitrogens is 2. The second kappa shape index (κ2) is 11.1. The molecule has 5 rings (SSSR count). The van der Waals surface area contributed by atoms with Crippen LogP contribution in [0.4, 0.5) is 4.79 Å². The highest BCUT2D eigenvalue weighted by Gasteiger charge is 2.43. The third-order valence-corrected chi connectivity index (χ3v) is 7.63. The fourth-order valence-corrected chi connectivity index (χ4v) is 5.89. The molecule has 39 heavy (non-hydrogen) atoms. The minimum atomic E-state index is -0.533. The Hall–Kier alpha value is -3.86. The largest absolute Gasteiger partial charge is 0.444 e. The van der Waals surface area contributed by atoms with Crippen LogP contribution in [0.25, 0.3) is 0 Å². The number of likely N-dealkylation sites (tertiary alicyclic amines) is 1. The highest BCUT2D eigenvalue weighted by molar-refractivity contribution is 5.68. The number of amides is 1. The van der Waals surface area contributed by atoms with Crippen LogP contribution in [-0.4, -0.2) is 34.3 Å². The van der Waals surface area contributed by atoms with Crippen LogP contribution in [0.1, 0.15) is 56.0 Å². The van der Waals surface area contributed by atoms with Gasteiger partial charge in [0.05, 0.1) is 6.54 Å². The van der Waals surface area contributed by atoms with E-state index in [-0.39, 0.29) is 6.09 Å². The van der Waals surface area contributed by atoms with Gasteiger partial charge in [-0.3, -0.25) is 0 Å². The van der Waals surface area contributed by atoms with Crippen molar-refractivity contribution < 1.29 is 14.1 Å². The maximum absolute atomic E-state index is 12.8. The monoisotopic (exact) mass is 522 g/mol. The van der Waals surface area contributed by atoms with E-state index < -0.39 is 11.1 Å². The molecule has 3 aromatic carbocycles. The normalized spacial score (nSPS) is 16.2. The number of aryl methyl sites for hydroxylation is 1. The minimum absolute atomic E-state index is 0.206. The van der Waals surface area contributed by atoms with E-state index in [9.17, 15) is 4.79 Å². The highest BCUT2D eigenvalue weighted by Crippen LogP contribution is 2.36. The van der Waals surface area contributed by atoms with Crippen molar-refractivity contribution in [1.82, 2.24) is 9.47 Å². The molecule has 1 aliphatic rings. The van der Waals surface area contributed by atoms with E-state index in [1.54, 1.807) is 0 Å². The molecule has 0 bridgehead atoms. The van der Waals surface area contributed by atoms with Crippen molar-refractivity contribution >= 4 is 6.09 Å². The summed E-state index contributed by atoms with van der Waals surface area (Å²) < 4.78 is 10.4. The molecule has 5 nitrogen and oxygen atoms in total. The molecule has 5 heteroatoms. The van der Waals surface area contributed by atoms with Crippen molar-refractivity contribution in [2.24, 2.45) is 5.92 Å². The van der Waals surface area contributed by atoms with E-state index in [0.29, 0.717) is 12.5 Å². The number of piperidine rings is 1. The Balaban J connectivity index is 1.53. The van der Waals surface area contributed by atoms with Gasteiger partial charge in [-0.15, -0.1) is 0 Å². The number of carbonyl (C=O) groups excluding carboxylic acids is 1. The third kappa shape index (κ3) is 5.63. The Morgan fingerprint density at radius 1 is 0.872 bits per heavy atom. The van der Waals surface area contributed by atoms with Gasteiger partial charge in [-0.1, -0.05) is 91.0 Å². The zero-order valence-corrected chi connectivity index (χ0v) is 23.6. The molecule has 1 aromatic heterocycles. The van der Waals surface area contributed by atoms with Crippen LogP contribution in [0.15, 0.2) is 104 Å². The molecular formula is C34H40N3O2+. The molecule has 1 fully saturated rings. The van der Waals surface area contributed by atoms with Crippen LogP contribution in [0.3, 0.4) is 0 Å². The highest BCUT2D eigenvalue weighted by atomic mass is 16.6. The standard InChI is InChI=1S/C34H40N3O2/c1-27-23-37(26-36(27)25-28-15-14-22-35(24-28)32(38)39-33(2,3)4)34(29-16-8-5-9-17-29,30-18-10-6-11-19-30)31-20-12-7-13-21-31/h5-13,16-21,23,26,28H,14-15,22,24-25H2,1-4H3/q+1/t28-/m1/s1. The number of carbonyl (C=O) groups is 1. The van der Waals surface area contributed by atoms with Crippen molar-refractivity contribution in [2.45, 2.75) is 58.2 Å². The van der Waals surface area contributed by atoms with Gasteiger partial charge in [0.25, 0.3) is 0 Å². The second-order valence-corrected chi connectivity index (χ2v) is 11.7. The van der Waals surface area contributed by atoms with Gasteiger partial charge in [0.15, 0.2) is 5.54 Å². The van der Waals surface area contributed by atoms with Crippen LogP contribution in [0, 0.1) is 12.8 Å². The number of hydrogen-bond donors (Lipinski definition) is 0. The third-order valence-electron chi connectivity index (χ3n) is 7.63. The summed E-state index contributed by atoms with van der Waals surface area (Å²) in [5.74, 6) is 0.366. The first-order valence-corrected chi connectivity index (χ1v) is 14.0. The van der Waals surface area contributed by atoms with E-state index in [0.717, 1.165) is 25.9 Å². The first-order valence-electron chi connectivity index (χ1n) is 14.0. The van der Waals surface area contributed by atoms with Crippen molar-refractivity contribution in [3.63, 3.8) is 0 Å². The molecule has 0 saturated carbocycles. The second-order valence-electron chi connectivity index (χ2n) is 11.7. The molecule has 0 radical (unpaired) electrons. The fraction of sp³-hybridized carbons (Fsp3) is 0.353. The van der Waals surface area contributed by atoms with Crippen molar-refractivity contribution in [2.75, 3.05) is 13.1 Å². The van der Waals surface area contributed by atoms with Crippen LogP contribution in [0.2, 0.25) is 0 Å². The zero-order valence-electron chi connectivity index (χ0n) is 23.6. The molecule has 0 spiro atoms. The molecule has 0 unspecified atom stereocenters. The van der Waals surface area contributed by atoms with Crippen molar-refractivity contribution in [3.8, 4) is 0 Å². The Morgan fingerprint density at radius 3 is 1.87 bits per heavy atom. The maximum atomic E-state index is 12.8.